The standard InChI is InChI=1S/C23H27N3O3/c1-3-26(4-2)12-11-24-22(27)15-9-10-17-16(13-15)14-29-21(17)20-18-7-5-6-8-19(18)25-23(20)28/h5-10,13,20-21H,3-4,11-12,14H2,1-2H3,(H,24,27)(H,25,28). The fourth-order valence-electron chi connectivity index (χ4n) is 4.20. The van der Waals surface area contributed by atoms with Gasteiger partial charge in [-0.15, -0.1) is 0 Å². The molecule has 0 bridgehead atoms. The molecule has 0 fully saturated rings. The summed E-state index contributed by atoms with van der Waals surface area (Å²) < 4.78 is 6.01. The van der Waals surface area contributed by atoms with E-state index in [1.54, 1.807) is 0 Å². The van der Waals surface area contributed by atoms with Crippen LogP contribution in [0.1, 0.15) is 52.9 Å². The zero-order valence-electron chi connectivity index (χ0n) is 16.9. The van der Waals surface area contributed by atoms with Crippen LogP contribution in [-0.4, -0.2) is 42.9 Å². The lowest BCUT2D eigenvalue weighted by atomic mass is 9.89. The number of nitrogens with one attached hydrogen (secondary N) is 2. The number of anilines is 1. The van der Waals surface area contributed by atoms with Crippen molar-refractivity contribution in [2.24, 2.45) is 0 Å². The first-order valence-electron chi connectivity index (χ1n) is 10.3. The highest BCUT2D eigenvalue weighted by molar-refractivity contribution is 6.03. The number of nitrogens with zero attached hydrogens (tertiary/aromatic N) is 1. The number of fused-ring (bicyclic) bond motifs is 2. The average molecular weight is 393 g/mol. The number of para-hydroxylation sites is 1. The van der Waals surface area contributed by atoms with Crippen molar-refractivity contribution >= 4 is 17.5 Å². The van der Waals surface area contributed by atoms with E-state index in [9.17, 15) is 9.59 Å². The molecule has 6 nitrogen and oxygen atoms in total. The van der Waals surface area contributed by atoms with Crippen molar-refractivity contribution in [2.45, 2.75) is 32.5 Å². The third-order valence-electron chi connectivity index (χ3n) is 5.88. The van der Waals surface area contributed by atoms with E-state index < -0.39 is 0 Å². The molecule has 29 heavy (non-hydrogen) atoms. The van der Waals surface area contributed by atoms with Gasteiger partial charge in [0.1, 0.15) is 0 Å². The molecule has 152 valence electrons. The third-order valence-corrected chi connectivity index (χ3v) is 5.88. The minimum absolute atomic E-state index is 0.0396. The van der Waals surface area contributed by atoms with Crippen molar-refractivity contribution in [3.8, 4) is 0 Å². The van der Waals surface area contributed by atoms with Gasteiger partial charge in [0.15, 0.2) is 0 Å². The zero-order chi connectivity index (χ0) is 20.4. The van der Waals surface area contributed by atoms with Crippen LogP contribution < -0.4 is 10.6 Å². The van der Waals surface area contributed by atoms with E-state index in [-0.39, 0.29) is 23.8 Å². The summed E-state index contributed by atoms with van der Waals surface area (Å²) in [5.41, 5.74) is 4.41. The maximum atomic E-state index is 12.6. The maximum Gasteiger partial charge on any atom is 0.251 e. The SMILES string of the molecule is CCN(CC)CCNC(=O)c1ccc2c(c1)COC2C1C(=O)Nc2ccccc21. The number of carbonyl (C=O) groups excluding carboxylic acids is 2. The molecular weight excluding hydrogens is 366 g/mol. The molecule has 2 unspecified atom stereocenters. The molecule has 2 aromatic rings. The molecule has 0 aliphatic carbocycles. The van der Waals surface area contributed by atoms with Crippen LogP contribution in [0.2, 0.25) is 0 Å². The number of amides is 2. The van der Waals surface area contributed by atoms with Crippen LogP contribution in [0.25, 0.3) is 0 Å². The number of hydrogen-bond donors (Lipinski definition) is 2. The van der Waals surface area contributed by atoms with Gasteiger partial charge in [0.2, 0.25) is 5.91 Å². The molecule has 2 N–H and O–H groups in total. The molecule has 2 atom stereocenters. The van der Waals surface area contributed by atoms with Gasteiger partial charge >= 0.3 is 0 Å². The summed E-state index contributed by atoms with van der Waals surface area (Å²) in [6.45, 7) is 8.05. The van der Waals surface area contributed by atoms with Gasteiger partial charge in [-0.2, -0.15) is 0 Å². The molecule has 2 heterocycles. The number of likely N-dealkylation sites (N-methyl/N-ethyl adjacent to an activating group) is 1. The molecule has 0 saturated heterocycles. The Kier molecular flexibility index (Phi) is 5.65. The van der Waals surface area contributed by atoms with Crippen molar-refractivity contribution in [1.29, 1.82) is 0 Å². The number of hydrogen-bond acceptors (Lipinski definition) is 4. The van der Waals surface area contributed by atoms with E-state index in [1.165, 1.54) is 0 Å². The van der Waals surface area contributed by atoms with Gasteiger partial charge in [-0.25, -0.2) is 0 Å². The summed E-state index contributed by atoms with van der Waals surface area (Å²) in [5, 5.41) is 5.93. The highest BCUT2D eigenvalue weighted by Gasteiger charge is 2.41. The van der Waals surface area contributed by atoms with Crippen LogP contribution in [0.4, 0.5) is 5.69 Å². The van der Waals surface area contributed by atoms with Gasteiger partial charge in [0.05, 0.1) is 18.6 Å². The van der Waals surface area contributed by atoms with Crippen molar-refractivity contribution in [1.82, 2.24) is 10.2 Å². The van der Waals surface area contributed by atoms with Gasteiger partial charge < -0.3 is 20.3 Å². The van der Waals surface area contributed by atoms with E-state index in [0.29, 0.717) is 18.7 Å². The van der Waals surface area contributed by atoms with E-state index >= 15 is 0 Å². The fourth-order valence-corrected chi connectivity index (χ4v) is 4.20. The number of benzene rings is 2. The van der Waals surface area contributed by atoms with E-state index in [2.05, 4.69) is 29.4 Å². The largest absolute Gasteiger partial charge is 0.368 e. The molecule has 2 amide bonds. The minimum Gasteiger partial charge on any atom is -0.368 e. The quantitative estimate of drug-likeness (QED) is 0.759. The summed E-state index contributed by atoms with van der Waals surface area (Å²) >= 11 is 0. The molecule has 2 aromatic carbocycles. The van der Waals surface area contributed by atoms with Gasteiger partial charge in [0.25, 0.3) is 5.91 Å². The Morgan fingerprint density at radius 2 is 1.97 bits per heavy atom. The minimum atomic E-state index is -0.360. The summed E-state index contributed by atoms with van der Waals surface area (Å²) in [6, 6.07) is 13.4. The molecule has 2 aliphatic rings. The Hall–Kier alpha value is -2.70. The predicted octanol–water partition coefficient (Wildman–Crippen LogP) is 3.07. The van der Waals surface area contributed by atoms with E-state index in [1.807, 2.05) is 42.5 Å². The second-order valence-electron chi connectivity index (χ2n) is 7.48. The zero-order valence-corrected chi connectivity index (χ0v) is 16.9. The first kappa shape index (κ1) is 19.6. The Morgan fingerprint density at radius 1 is 1.17 bits per heavy atom. The van der Waals surface area contributed by atoms with Gasteiger partial charge in [-0.1, -0.05) is 38.1 Å². The van der Waals surface area contributed by atoms with Crippen LogP contribution in [0, 0.1) is 0 Å². The number of rotatable bonds is 7. The van der Waals surface area contributed by atoms with Crippen molar-refractivity contribution in [3.05, 3.63) is 64.7 Å². The Balaban J connectivity index is 1.47. The lowest BCUT2D eigenvalue weighted by molar-refractivity contribution is -0.120. The highest BCUT2D eigenvalue weighted by Crippen LogP contribution is 2.46. The molecule has 2 aliphatic heterocycles. The van der Waals surface area contributed by atoms with Crippen molar-refractivity contribution in [3.63, 3.8) is 0 Å². The fraction of sp³-hybridized carbons (Fsp3) is 0.391. The smallest absolute Gasteiger partial charge is 0.251 e. The van der Waals surface area contributed by atoms with Gasteiger partial charge in [-0.05, 0) is 48.0 Å². The van der Waals surface area contributed by atoms with Crippen molar-refractivity contribution in [2.75, 3.05) is 31.5 Å². The van der Waals surface area contributed by atoms with Gasteiger partial charge in [-0.3, -0.25) is 9.59 Å². The third kappa shape index (κ3) is 3.78. The monoisotopic (exact) mass is 393 g/mol. The Bertz CT molecular complexity index is 923. The van der Waals surface area contributed by atoms with Crippen LogP contribution in [0.5, 0.6) is 0 Å². The van der Waals surface area contributed by atoms with Gasteiger partial charge in [0, 0.05) is 24.3 Å². The van der Waals surface area contributed by atoms with Crippen LogP contribution >= 0.6 is 0 Å². The molecule has 0 saturated carbocycles. The predicted molar refractivity (Wildman–Crippen MR) is 112 cm³/mol. The molecule has 0 aromatic heterocycles. The van der Waals surface area contributed by atoms with E-state index in [4.69, 9.17) is 4.74 Å². The van der Waals surface area contributed by atoms with Crippen LogP contribution in [0.3, 0.4) is 0 Å². The lowest BCUT2D eigenvalue weighted by Crippen LogP contribution is -2.34. The van der Waals surface area contributed by atoms with Crippen molar-refractivity contribution < 1.29 is 14.3 Å². The summed E-state index contributed by atoms with van der Waals surface area (Å²) in [6.07, 6.45) is -0.326. The summed E-state index contributed by atoms with van der Waals surface area (Å²) in [5.74, 6) is -0.476. The molecule has 4 rings (SSSR count). The maximum absolute atomic E-state index is 12.6. The second-order valence-corrected chi connectivity index (χ2v) is 7.48. The normalized spacial score (nSPS) is 19.8. The van der Waals surface area contributed by atoms with Crippen LogP contribution in [-0.2, 0) is 16.1 Å². The molecule has 6 heteroatoms. The van der Waals surface area contributed by atoms with E-state index in [0.717, 1.165) is 42.0 Å². The topological polar surface area (TPSA) is 70.7 Å². The Morgan fingerprint density at radius 3 is 2.76 bits per heavy atom. The Labute approximate surface area is 171 Å². The lowest BCUT2D eigenvalue weighted by Gasteiger charge is -2.18. The summed E-state index contributed by atoms with van der Waals surface area (Å²) in [4.78, 5) is 27.4. The second kappa shape index (κ2) is 8.35. The average Bonchev–Trinajstić information content (AvgIpc) is 3.30. The van der Waals surface area contributed by atoms with Crippen LogP contribution in [0.15, 0.2) is 42.5 Å². The molecule has 0 spiro atoms. The highest BCUT2D eigenvalue weighted by atomic mass is 16.5. The first-order chi connectivity index (χ1) is 14.1. The number of ether oxygens (including phenoxy) is 1. The molecular formula is C23H27N3O3. The number of carbonyl (C=O) groups is 2. The molecule has 0 radical (unpaired) electrons. The summed E-state index contributed by atoms with van der Waals surface area (Å²) in [7, 11) is 0. The first-order valence-corrected chi connectivity index (χ1v) is 10.3.